The van der Waals surface area contributed by atoms with Crippen LogP contribution >= 0.6 is 0 Å². The average molecular weight is 317 g/mol. The number of carbonyl (C=O) groups is 3. The first-order valence-electron chi connectivity index (χ1n) is 6.72. The summed E-state index contributed by atoms with van der Waals surface area (Å²) in [4.78, 5) is 38.3. The summed E-state index contributed by atoms with van der Waals surface area (Å²) in [5.74, 6) is -0.993. The van der Waals surface area contributed by atoms with Crippen LogP contribution < -0.4 is 10.6 Å². The summed E-state index contributed by atoms with van der Waals surface area (Å²) in [6.07, 6.45) is 0. The second-order valence-corrected chi connectivity index (χ2v) is 4.49. The van der Waals surface area contributed by atoms with Gasteiger partial charge in [0.15, 0.2) is 12.3 Å². The molecule has 120 valence electrons. The Morgan fingerprint density at radius 2 is 1.91 bits per heavy atom. The number of oxazole rings is 1. The minimum atomic E-state index is -0.805. The van der Waals surface area contributed by atoms with E-state index in [1.54, 1.807) is 19.1 Å². The number of nitrogens with one attached hydrogen (secondary N) is 2. The number of nitrogens with zero attached hydrogens (tertiary/aromatic N) is 1. The first-order valence-corrected chi connectivity index (χ1v) is 6.72. The van der Waals surface area contributed by atoms with Crippen LogP contribution in [0.3, 0.4) is 0 Å². The number of hydrogen-bond donors (Lipinski definition) is 2. The summed E-state index contributed by atoms with van der Waals surface area (Å²) in [6, 6.07) is 8.37. The molecular formula is C15H15N3O5. The minimum absolute atomic E-state index is 0.0170. The summed E-state index contributed by atoms with van der Waals surface area (Å²) in [5, 5.41) is 4.18. The molecule has 0 saturated carbocycles. The van der Waals surface area contributed by atoms with Crippen molar-refractivity contribution in [1.82, 2.24) is 15.6 Å². The van der Waals surface area contributed by atoms with E-state index in [-0.39, 0.29) is 17.3 Å². The molecule has 0 aliphatic carbocycles. The van der Waals surface area contributed by atoms with Gasteiger partial charge < -0.3 is 14.5 Å². The summed E-state index contributed by atoms with van der Waals surface area (Å²) in [6.45, 7) is 0.972. The van der Waals surface area contributed by atoms with Gasteiger partial charge in [-0.3, -0.25) is 10.1 Å². The lowest BCUT2D eigenvalue weighted by Crippen LogP contribution is -2.39. The lowest BCUT2D eigenvalue weighted by Gasteiger charge is -2.03. The highest BCUT2D eigenvalue weighted by molar-refractivity contribution is 5.96. The fourth-order valence-corrected chi connectivity index (χ4v) is 1.71. The summed E-state index contributed by atoms with van der Waals surface area (Å²) < 4.78 is 10.2. The number of aryl methyl sites for hydroxylation is 1. The van der Waals surface area contributed by atoms with Gasteiger partial charge >= 0.3 is 12.0 Å². The van der Waals surface area contributed by atoms with E-state index in [0.717, 1.165) is 0 Å². The third-order valence-corrected chi connectivity index (χ3v) is 2.83. The van der Waals surface area contributed by atoms with E-state index >= 15 is 0 Å². The van der Waals surface area contributed by atoms with E-state index in [1.807, 2.05) is 23.5 Å². The molecule has 2 rings (SSSR count). The van der Waals surface area contributed by atoms with Gasteiger partial charge in [-0.05, 0) is 19.1 Å². The second-order valence-electron chi connectivity index (χ2n) is 4.49. The molecule has 2 aromatic rings. The van der Waals surface area contributed by atoms with E-state index in [9.17, 15) is 14.4 Å². The molecule has 3 amide bonds. The molecule has 0 spiro atoms. The molecule has 0 aliphatic rings. The summed E-state index contributed by atoms with van der Waals surface area (Å²) in [5.41, 5.74) is 0.698. The number of hydrogen-bond acceptors (Lipinski definition) is 6. The van der Waals surface area contributed by atoms with Crippen LogP contribution in [0.5, 0.6) is 0 Å². The second kappa shape index (κ2) is 7.21. The largest absolute Gasteiger partial charge is 0.451 e. The van der Waals surface area contributed by atoms with Gasteiger partial charge in [0, 0.05) is 12.6 Å². The predicted octanol–water partition coefficient (Wildman–Crippen LogP) is 1.26. The number of carbonyl (C=O) groups excluding carboxylic acids is 3. The van der Waals surface area contributed by atoms with Crippen molar-refractivity contribution in [3.8, 4) is 11.5 Å². The number of aromatic nitrogens is 1. The van der Waals surface area contributed by atoms with Crippen LogP contribution in [-0.4, -0.2) is 36.5 Å². The van der Waals surface area contributed by atoms with Gasteiger partial charge in [-0.15, -0.1) is 0 Å². The fourth-order valence-electron chi connectivity index (χ4n) is 1.71. The Bertz CT molecular complexity index is 724. The Labute approximate surface area is 131 Å². The van der Waals surface area contributed by atoms with Gasteiger partial charge in [-0.1, -0.05) is 18.2 Å². The number of esters is 1. The van der Waals surface area contributed by atoms with Gasteiger partial charge in [0.2, 0.25) is 5.89 Å². The van der Waals surface area contributed by atoms with Gasteiger partial charge in [-0.2, -0.15) is 0 Å². The number of ether oxygens (including phenoxy) is 1. The number of amides is 3. The molecule has 0 aliphatic heterocycles. The molecule has 0 fully saturated rings. The normalized spacial score (nSPS) is 10.0. The zero-order valence-corrected chi connectivity index (χ0v) is 12.6. The van der Waals surface area contributed by atoms with Crippen LogP contribution in [0.15, 0.2) is 34.7 Å². The van der Waals surface area contributed by atoms with E-state index in [2.05, 4.69) is 10.3 Å². The van der Waals surface area contributed by atoms with E-state index in [4.69, 9.17) is 9.15 Å². The smallest absolute Gasteiger partial charge is 0.361 e. The highest BCUT2D eigenvalue weighted by Crippen LogP contribution is 2.21. The molecule has 2 N–H and O–H groups in total. The first kappa shape index (κ1) is 16.2. The van der Waals surface area contributed by atoms with E-state index in [0.29, 0.717) is 5.56 Å². The maximum atomic E-state index is 11.9. The Kier molecular flexibility index (Phi) is 5.08. The zero-order chi connectivity index (χ0) is 16.8. The van der Waals surface area contributed by atoms with Crippen molar-refractivity contribution < 1.29 is 23.5 Å². The van der Waals surface area contributed by atoms with Crippen molar-refractivity contribution in [2.24, 2.45) is 0 Å². The van der Waals surface area contributed by atoms with Crippen molar-refractivity contribution in [2.45, 2.75) is 6.92 Å². The van der Waals surface area contributed by atoms with Crippen LogP contribution in [0, 0.1) is 6.92 Å². The van der Waals surface area contributed by atoms with Crippen molar-refractivity contribution in [3.63, 3.8) is 0 Å². The van der Waals surface area contributed by atoms with Crippen molar-refractivity contribution >= 4 is 17.9 Å². The van der Waals surface area contributed by atoms with Crippen molar-refractivity contribution in [1.29, 1.82) is 0 Å². The molecule has 0 atom stereocenters. The molecule has 23 heavy (non-hydrogen) atoms. The quantitative estimate of drug-likeness (QED) is 0.821. The monoisotopic (exact) mass is 317 g/mol. The lowest BCUT2D eigenvalue weighted by atomic mass is 10.2. The van der Waals surface area contributed by atoms with Crippen LogP contribution in [-0.2, 0) is 9.53 Å². The molecular weight excluding hydrogens is 302 g/mol. The maximum absolute atomic E-state index is 11.9. The molecule has 0 unspecified atom stereocenters. The van der Waals surface area contributed by atoms with Gasteiger partial charge in [-0.25, -0.2) is 14.6 Å². The minimum Gasteiger partial charge on any atom is -0.451 e. The number of benzene rings is 1. The van der Waals surface area contributed by atoms with E-state index in [1.165, 1.54) is 7.05 Å². The van der Waals surface area contributed by atoms with E-state index < -0.39 is 24.5 Å². The van der Waals surface area contributed by atoms with Crippen LogP contribution in [0.2, 0.25) is 0 Å². The molecule has 0 saturated heterocycles. The SMILES string of the molecule is CNC(=O)NC(=O)COC(=O)c1nc(-c2ccccc2)oc1C. The molecule has 1 aromatic heterocycles. The Balaban J connectivity index is 2.02. The Morgan fingerprint density at radius 1 is 1.22 bits per heavy atom. The fraction of sp³-hybridized carbons (Fsp3) is 0.200. The highest BCUT2D eigenvalue weighted by Gasteiger charge is 2.20. The molecule has 8 nitrogen and oxygen atoms in total. The van der Waals surface area contributed by atoms with Gasteiger partial charge in [0.1, 0.15) is 5.76 Å². The number of imide groups is 1. The molecule has 8 heteroatoms. The topological polar surface area (TPSA) is 111 Å². The standard InChI is InChI=1S/C15H15N3O5/c1-9-12(14(20)22-8-11(19)17-15(21)16-2)18-13(23-9)10-6-4-3-5-7-10/h3-7H,8H2,1-2H3,(H2,16,17,19,21). The van der Waals surface area contributed by atoms with Gasteiger partial charge in [0.25, 0.3) is 5.91 Å². The predicted molar refractivity (Wildman–Crippen MR) is 79.6 cm³/mol. The number of rotatable bonds is 4. The molecule has 0 bridgehead atoms. The third-order valence-electron chi connectivity index (χ3n) is 2.83. The zero-order valence-electron chi connectivity index (χ0n) is 12.6. The maximum Gasteiger partial charge on any atom is 0.361 e. The lowest BCUT2D eigenvalue weighted by molar-refractivity contribution is -0.123. The first-order chi connectivity index (χ1) is 11.0. The highest BCUT2D eigenvalue weighted by atomic mass is 16.5. The Morgan fingerprint density at radius 3 is 2.57 bits per heavy atom. The van der Waals surface area contributed by atoms with Crippen LogP contribution in [0.4, 0.5) is 4.79 Å². The molecule has 0 radical (unpaired) electrons. The number of urea groups is 1. The summed E-state index contributed by atoms with van der Waals surface area (Å²) in [7, 11) is 1.36. The van der Waals surface area contributed by atoms with Gasteiger partial charge in [0.05, 0.1) is 0 Å². The molecule has 1 aromatic carbocycles. The summed E-state index contributed by atoms with van der Waals surface area (Å²) >= 11 is 0. The Hall–Kier alpha value is -3.16. The van der Waals surface area contributed by atoms with Crippen molar-refractivity contribution in [3.05, 3.63) is 41.8 Å². The third kappa shape index (κ3) is 4.16. The molecule has 1 heterocycles. The van der Waals surface area contributed by atoms with Crippen molar-refractivity contribution in [2.75, 3.05) is 13.7 Å². The average Bonchev–Trinajstić information content (AvgIpc) is 2.95. The van der Waals surface area contributed by atoms with Crippen LogP contribution in [0.25, 0.3) is 11.5 Å². The van der Waals surface area contributed by atoms with Crippen LogP contribution in [0.1, 0.15) is 16.2 Å².